The average molecular weight is 234 g/mol. The lowest BCUT2D eigenvalue weighted by Crippen LogP contribution is -2.26. The molecule has 0 heterocycles. The molecule has 0 amide bonds. The lowest BCUT2D eigenvalue weighted by Gasteiger charge is -2.34. The van der Waals surface area contributed by atoms with Crippen LogP contribution in [0.2, 0.25) is 0 Å². The molecule has 0 aliphatic heterocycles. The Labute approximate surface area is 106 Å². The normalized spacial score (nSPS) is 12.9. The fourth-order valence-electron chi connectivity index (χ4n) is 3.07. The van der Waals surface area contributed by atoms with Crippen LogP contribution in [-0.4, -0.2) is 5.11 Å². The van der Waals surface area contributed by atoms with Gasteiger partial charge in [0.2, 0.25) is 0 Å². The third-order valence-corrected chi connectivity index (χ3v) is 3.36. The Hall–Kier alpha value is -0.980. The Bertz CT molecular complexity index is 408. The van der Waals surface area contributed by atoms with E-state index in [-0.39, 0.29) is 10.8 Å². The quantitative estimate of drug-likeness (QED) is 0.784. The Balaban J connectivity index is 3.28. The van der Waals surface area contributed by atoms with Gasteiger partial charge in [-0.3, -0.25) is 0 Å². The fourth-order valence-corrected chi connectivity index (χ4v) is 3.07. The largest absolute Gasteiger partial charge is 0.508 e. The summed E-state index contributed by atoms with van der Waals surface area (Å²) in [5, 5.41) is 10.1. The maximum Gasteiger partial charge on any atom is 0.119 e. The highest BCUT2D eigenvalue weighted by molar-refractivity contribution is 5.47. The van der Waals surface area contributed by atoms with Crippen LogP contribution >= 0.6 is 0 Å². The summed E-state index contributed by atoms with van der Waals surface area (Å²) in [6, 6.07) is 3.81. The highest BCUT2D eigenvalue weighted by Gasteiger charge is 2.31. The van der Waals surface area contributed by atoms with Gasteiger partial charge in [0.15, 0.2) is 0 Å². The van der Waals surface area contributed by atoms with Crippen molar-refractivity contribution < 1.29 is 5.11 Å². The van der Waals surface area contributed by atoms with Crippen LogP contribution < -0.4 is 0 Å². The van der Waals surface area contributed by atoms with Gasteiger partial charge in [-0.15, -0.1) is 0 Å². The van der Waals surface area contributed by atoms with Gasteiger partial charge in [0.25, 0.3) is 0 Å². The number of aromatic hydroxyl groups is 1. The molecule has 1 rings (SSSR count). The first-order valence-electron chi connectivity index (χ1n) is 6.34. The van der Waals surface area contributed by atoms with Crippen LogP contribution in [0.3, 0.4) is 0 Å². The van der Waals surface area contributed by atoms with Crippen LogP contribution in [0.4, 0.5) is 0 Å². The van der Waals surface area contributed by atoms with Gasteiger partial charge in [0.1, 0.15) is 5.75 Å². The third kappa shape index (κ3) is 3.24. The summed E-state index contributed by atoms with van der Waals surface area (Å²) < 4.78 is 0. The van der Waals surface area contributed by atoms with Crippen molar-refractivity contribution in [1.82, 2.24) is 0 Å². The van der Waals surface area contributed by atoms with Crippen molar-refractivity contribution in [1.29, 1.82) is 0 Å². The second-order valence-electron chi connectivity index (χ2n) is 7.02. The predicted octanol–water partition coefficient (Wildman–Crippen LogP) is 4.72. The molecule has 1 nitrogen and oxygen atoms in total. The Kier molecular flexibility index (Phi) is 3.61. The molecule has 0 saturated heterocycles. The van der Waals surface area contributed by atoms with Gasteiger partial charge in [-0.1, -0.05) is 40.7 Å². The Morgan fingerprint density at radius 1 is 1.00 bits per heavy atom. The van der Waals surface area contributed by atoms with Crippen molar-refractivity contribution in [2.75, 3.05) is 0 Å². The topological polar surface area (TPSA) is 20.2 Å². The summed E-state index contributed by atoms with van der Waals surface area (Å²) >= 11 is 0. The minimum Gasteiger partial charge on any atom is -0.508 e. The molecule has 0 unspecified atom stereocenters. The molecule has 0 bridgehead atoms. The summed E-state index contributed by atoms with van der Waals surface area (Å²) in [7, 11) is 0. The van der Waals surface area contributed by atoms with E-state index in [0.29, 0.717) is 5.75 Å². The fraction of sp³-hybridized carbons (Fsp3) is 0.625. The zero-order valence-corrected chi connectivity index (χ0v) is 12.3. The first kappa shape index (κ1) is 14.1. The summed E-state index contributed by atoms with van der Waals surface area (Å²) in [5.74, 6) is 0.433. The molecule has 0 aliphatic carbocycles. The van der Waals surface area contributed by atoms with Crippen molar-refractivity contribution in [2.45, 2.75) is 60.3 Å². The minimum absolute atomic E-state index is 0.00155. The lowest BCUT2D eigenvalue weighted by molar-refractivity contribution is 0.277. The molecule has 96 valence electrons. The van der Waals surface area contributed by atoms with Crippen LogP contribution in [0.15, 0.2) is 12.1 Å². The van der Waals surface area contributed by atoms with E-state index in [9.17, 15) is 5.11 Å². The predicted molar refractivity (Wildman–Crippen MR) is 74.7 cm³/mol. The van der Waals surface area contributed by atoms with E-state index >= 15 is 0 Å². The van der Waals surface area contributed by atoms with E-state index in [1.807, 2.05) is 12.1 Å². The molecular formula is C16H26O. The number of benzene rings is 1. The van der Waals surface area contributed by atoms with E-state index in [2.05, 4.69) is 48.5 Å². The number of phenols is 1. The van der Waals surface area contributed by atoms with E-state index in [4.69, 9.17) is 0 Å². The zero-order chi connectivity index (χ0) is 13.4. The molecule has 0 atom stereocenters. The van der Waals surface area contributed by atoms with Crippen molar-refractivity contribution in [3.05, 3.63) is 28.8 Å². The monoisotopic (exact) mass is 234 g/mol. The summed E-state index contributed by atoms with van der Waals surface area (Å²) in [5.41, 5.74) is 3.83. The van der Waals surface area contributed by atoms with E-state index in [0.717, 1.165) is 12.0 Å². The van der Waals surface area contributed by atoms with E-state index in [1.54, 1.807) is 0 Å². The molecular weight excluding hydrogens is 208 g/mol. The molecule has 0 radical (unpaired) electrons. The molecule has 0 saturated carbocycles. The van der Waals surface area contributed by atoms with Gasteiger partial charge in [-0.2, -0.15) is 0 Å². The van der Waals surface area contributed by atoms with Crippen molar-refractivity contribution in [3.8, 4) is 5.75 Å². The standard InChI is InChI=1S/C16H26O/c1-11-8-9-13(17)14(12(11)2)16(6,7)10-15(3,4)5/h8-9,17H,10H2,1-7H3. The Morgan fingerprint density at radius 3 is 2.00 bits per heavy atom. The highest BCUT2D eigenvalue weighted by atomic mass is 16.3. The highest BCUT2D eigenvalue weighted by Crippen LogP contribution is 2.42. The Morgan fingerprint density at radius 2 is 1.53 bits per heavy atom. The molecule has 0 fully saturated rings. The van der Waals surface area contributed by atoms with E-state index < -0.39 is 0 Å². The van der Waals surface area contributed by atoms with Crippen LogP contribution in [-0.2, 0) is 5.41 Å². The van der Waals surface area contributed by atoms with Gasteiger partial charge in [-0.05, 0) is 48.3 Å². The number of aryl methyl sites for hydroxylation is 1. The summed E-state index contributed by atoms with van der Waals surface area (Å²) in [6.45, 7) is 15.4. The summed E-state index contributed by atoms with van der Waals surface area (Å²) in [4.78, 5) is 0. The van der Waals surface area contributed by atoms with Crippen LogP contribution in [0.1, 0.15) is 57.7 Å². The SMILES string of the molecule is Cc1ccc(O)c(C(C)(C)CC(C)(C)C)c1C. The number of rotatable bonds is 2. The first-order chi connectivity index (χ1) is 7.54. The zero-order valence-electron chi connectivity index (χ0n) is 12.3. The third-order valence-electron chi connectivity index (χ3n) is 3.36. The maximum atomic E-state index is 10.1. The van der Waals surface area contributed by atoms with Crippen LogP contribution in [0, 0.1) is 19.3 Å². The molecule has 17 heavy (non-hydrogen) atoms. The lowest BCUT2D eigenvalue weighted by atomic mass is 9.70. The molecule has 0 aromatic heterocycles. The van der Waals surface area contributed by atoms with Crippen LogP contribution in [0.5, 0.6) is 5.75 Å². The van der Waals surface area contributed by atoms with Gasteiger partial charge in [0.05, 0.1) is 0 Å². The molecule has 0 aliphatic rings. The van der Waals surface area contributed by atoms with Crippen LogP contribution in [0.25, 0.3) is 0 Å². The van der Waals surface area contributed by atoms with Crippen molar-refractivity contribution in [2.24, 2.45) is 5.41 Å². The second kappa shape index (κ2) is 4.36. The molecule has 1 aromatic carbocycles. The molecule has 1 N–H and O–H groups in total. The second-order valence-corrected chi connectivity index (χ2v) is 7.02. The van der Waals surface area contributed by atoms with Gasteiger partial charge in [-0.25, -0.2) is 0 Å². The molecule has 1 aromatic rings. The van der Waals surface area contributed by atoms with Gasteiger partial charge in [0, 0.05) is 5.56 Å². The maximum absolute atomic E-state index is 10.1. The average Bonchev–Trinajstić information content (AvgIpc) is 2.07. The number of hydrogen-bond acceptors (Lipinski definition) is 1. The minimum atomic E-state index is -0.00155. The number of phenolic OH excluding ortho intramolecular Hbond substituents is 1. The molecule has 0 spiro atoms. The first-order valence-corrected chi connectivity index (χ1v) is 6.34. The van der Waals surface area contributed by atoms with E-state index in [1.165, 1.54) is 11.1 Å². The summed E-state index contributed by atoms with van der Waals surface area (Å²) in [6.07, 6.45) is 1.05. The number of hydrogen-bond donors (Lipinski definition) is 1. The van der Waals surface area contributed by atoms with Crippen molar-refractivity contribution >= 4 is 0 Å². The van der Waals surface area contributed by atoms with Gasteiger partial charge >= 0.3 is 0 Å². The smallest absolute Gasteiger partial charge is 0.119 e. The van der Waals surface area contributed by atoms with Gasteiger partial charge < -0.3 is 5.11 Å². The molecule has 1 heteroatoms. The van der Waals surface area contributed by atoms with Crippen molar-refractivity contribution in [3.63, 3.8) is 0 Å².